The van der Waals surface area contributed by atoms with Gasteiger partial charge in [0.05, 0.1) is 0 Å². The van der Waals surface area contributed by atoms with Crippen LogP contribution in [0, 0.1) is 5.92 Å². The highest BCUT2D eigenvalue weighted by Crippen LogP contribution is 2.20. The molecule has 1 fully saturated rings. The van der Waals surface area contributed by atoms with E-state index in [-0.39, 0.29) is 0 Å². The second kappa shape index (κ2) is 3.70. The summed E-state index contributed by atoms with van der Waals surface area (Å²) in [6, 6.07) is 1.95. The van der Waals surface area contributed by atoms with Gasteiger partial charge in [0.25, 0.3) is 0 Å². The van der Waals surface area contributed by atoms with Crippen molar-refractivity contribution in [2.45, 2.75) is 0 Å². The van der Waals surface area contributed by atoms with E-state index in [1.54, 1.807) is 12.5 Å². The van der Waals surface area contributed by atoms with Crippen LogP contribution in [-0.4, -0.2) is 36.6 Å². The monoisotopic (exact) mass is 178 g/mol. The SMILES string of the molecule is CNCC1CN(c2ccncn2)C1. The predicted molar refractivity (Wildman–Crippen MR) is 51.7 cm³/mol. The van der Waals surface area contributed by atoms with Gasteiger partial charge in [-0.05, 0) is 13.1 Å². The predicted octanol–water partition coefficient (Wildman–Crippen LogP) is 0.132. The summed E-state index contributed by atoms with van der Waals surface area (Å²) >= 11 is 0. The van der Waals surface area contributed by atoms with Crippen LogP contribution in [0.25, 0.3) is 0 Å². The van der Waals surface area contributed by atoms with Gasteiger partial charge in [0.1, 0.15) is 12.1 Å². The Morgan fingerprint density at radius 2 is 2.46 bits per heavy atom. The van der Waals surface area contributed by atoms with Crippen LogP contribution in [0.3, 0.4) is 0 Å². The molecule has 0 radical (unpaired) electrons. The van der Waals surface area contributed by atoms with Gasteiger partial charge in [0.2, 0.25) is 0 Å². The highest BCUT2D eigenvalue weighted by molar-refractivity contribution is 5.39. The summed E-state index contributed by atoms with van der Waals surface area (Å²) in [6.07, 6.45) is 3.38. The number of aromatic nitrogens is 2. The molecule has 1 aliphatic heterocycles. The average Bonchev–Trinajstić information content (AvgIpc) is 2.12. The van der Waals surface area contributed by atoms with Crippen LogP contribution in [-0.2, 0) is 0 Å². The minimum Gasteiger partial charge on any atom is -0.356 e. The first-order valence-electron chi connectivity index (χ1n) is 4.55. The first kappa shape index (κ1) is 8.44. The molecule has 4 heteroatoms. The number of hydrogen-bond donors (Lipinski definition) is 1. The Morgan fingerprint density at radius 1 is 1.62 bits per heavy atom. The largest absolute Gasteiger partial charge is 0.356 e. The van der Waals surface area contributed by atoms with Crippen LogP contribution < -0.4 is 10.2 Å². The van der Waals surface area contributed by atoms with E-state index in [2.05, 4.69) is 20.2 Å². The molecule has 2 rings (SSSR count). The fourth-order valence-electron chi connectivity index (χ4n) is 1.65. The summed E-state index contributed by atoms with van der Waals surface area (Å²) in [6.45, 7) is 3.32. The van der Waals surface area contributed by atoms with Gasteiger partial charge >= 0.3 is 0 Å². The zero-order valence-corrected chi connectivity index (χ0v) is 7.77. The maximum Gasteiger partial charge on any atom is 0.131 e. The summed E-state index contributed by atoms with van der Waals surface area (Å²) in [4.78, 5) is 10.3. The third-order valence-electron chi connectivity index (χ3n) is 2.34. The number of nitrogens with one attached hydrogen (secondary N) is 1. The van der Waals surface area contributed by atoms with Gasteiger partial charge in [-0.25, -0.2) is 9.97 Å². The molecule has 70 valence electrons. The molecule has 2 heterocycles. The van der Waals surface area contributed by atoms with Gasteiger partial charge in [-0.1, -0.05) is 0 Å². The molecule has 4 nitrogen and oxygen atoms in total. The van der Waals surface area contributed by atoms with Crippen LogP contribution in [0.5, 0.6) is 0 Å². The van der Waals surface area contributed by atoms with Gasteiger partial charge in [-0.3, -0.25) is 0 Å². The van der Waals surface area contributed by atoms with E-state index in [9.17, 15) is 0 Å². The van der Waals surface area contributed by atoms with Crippen molar-refractivity contribution in [2.75, 3.05) is 31.6 Å². The van der Waals surface area contributed by atoms with E-state index in [0.29, 0.717) is 0 Å². The number of hydrogen-bond acceptors (Lipinski definition) is 4. The average molecular weight is 178 g/mol. The van der Waals surface area contributed by atoms with Gasteiger partial charge in [-0.15, -0.1) is 0 Å². The Labute approximate surface area is 78.0 Å². The van der Waals surface area contributed by atoms with Crippen molar-refractivity contribution in [3.05, 3.63) is 18.6 Å². The molecule has 13 heavy (non-hydrogen) atoms. The van der Waals surface area contributed by atoms with Crippen LogP contribution in [0.15, 0.2) is 18.6 Å². The van der Waals surface area contributed by atoms with Crippen molar-refractivity contribution in [3.63, 3.8) is 0 Å². The lowest BCUT2D eigenvalue weighted by atomic mass is 10.0. The first-order valence-corrected chi connectivity index (χ1v) is 4.55. The van der Waals surface area contributed by atoms with E-state index in [0.717, 1.165) is 31.4 Å². The lowest BCUT2D eigenvalue weighted by Gasteiger charge is -2.40. The van der Waals surface area contributed by atoms with E-state index >= 15 is 0 Å². The minimum atomic E-state index is 0.778. The van der Waals surface area contributed by atoms with Crippen molar-refractivity contribution in [1.82, 2.24) is 15.3 Å². The highest BCUT2D eigenvalue weighted by Gasteiger charge is 2.26. The maximum atomic E-state index is 4.19. The van der Waals surface area contributed by atoms with Crippen molar-refractivity contribution < 1.29 is 0 Å². The molecular weight excluding hydrogens is 164 g/mol. The highest BCUT2D eigenvalue weighted by atomic mass is 15.2. The van der Waals surface area contributed by atoms with Crippen molar-refractivity contribution >= 4 is 5.82 Å². The summed E-state index contributed by atoms with van der Waals surface area (Å²) in [7, 11) is 1.99. The topological polar surface area (TPSA) is 41.0 Å². The second-order valence-corrected chi connectivity index (χ2v) is 3.40. The molecule has 1 aromatic heterocycles. The molecule has 1 aliphatic rings. The minimum absolute atomic E-state index is 0.778. The Balaban J connectivity index is 1.87. The Hall–Kier alpha value is -1.16. The zero-order chi connectivity index (χ0) is 9.10. The molecule has 0 saturated carbocycles. The normalized spacial score (nSPS) is 17.2. The van der Waals surface area contributed by atoms with E-state index < -0.39 is 0 Å². The lowest BCUT2D eigenvalue weighted by molar-refractivity contribution is 0.394. The standard InChI is InChI=1S/C9H14N4/c1-10-4-8-5-13(6-8)9-2-3-11-7-12-9/h2-3,7-8,10H,4-6H2,1H3. The molecule has 0 aromatic carbocycles. The Bertz CT molecular complexity index is 256. The van der Waals surface area contributed by atoms with Crippen molar-refractivity contribution in [3.8, 4) is 0 Å². The quantitative estimate of drug-likeness (QED) is 0.714. The van der Waals surface area contributed by atoms with Gasteiger partial charge in [0, 0.05) is 31.7 Å². The van der Waals surface area contributed by atoms with E-state index in [1.807, 2.05) is 13.1 Å². The molecule has 0 spiro atoms. The molecule has 1 saturated heterocycles. The lowest BCUT2D eigenvalue weighted by Crippen LogP contribution is -2.50. The number of anilines is 1. The van der Waals surface area contributed by atoms with Crippen LogP contribution in [0.4, 0.5) is 5.82 Å². The number of rotatable bonds is 3. The van der Waals surface area contributed by atoms with Crippen molar-refractivity contribution in [2.24, 2.45) is 5.92 Å². The summed E-state index contributed by atoms with van der Waals surface area (Å²) in [5.41, 5.74) is 0. The van der Waals surface area contributed by atoms with Crippen LogP contribution in [0.2, 0.25) is 0 Å². The second-order valence-electron chi connectivity index (χ2n) is 3.40. The first-order chi connectivity index (χ1) is 6.40. The fraction of sp³-hybridized carbons (Fsp3) is 0.556. The molecule has 1 aromatic rings. The molecule has 0 atom stereocenters. The van der Waals surface area contributed by atoms with Gasteiger partial charge < -0.3 is 10.2 Å². The third-order valence-corrected chi connectivity index (χ3v) is 2.34. The van der Waals surface area contributed by atoms with Gasteiger partial charge in [-0.2, -0.15) is 0 Å². The molecule has 0 bridgehead atoms. The van der Waals surface area contributed by atoms with Gasteiger partial charge in [0.15, 0.2) is 0 Å². The third kappa shape index (κ3) is 1.78. The Kier molecular flexibility index (Phi) is 2.40. The smallest absolute Gasteiger partial charge is 0.131 e. The molecule has 0 aliphatic carbocycles. The molecule has 0 amide bonds. The fourth-order valence-corrected chi connectivity index (χ4v) is 1.65. The summed E-state index contributed by atoms with van der Waals surface area (Å²) in [5, 5.41) is 3.18. The molecule has 1 N–H and O–H groups in total. The molecular formula is C9H14N4. The zero-order valence-electron chi connectivity index (χ0n) is 7.77. The van der Waals surface area contributed by atoms with Crippen LogP contribution >= 0.6 is 0 Å². The number of nitrogens with zero attached hydrogens (tertiary/aromatic N) is 3. The summed E-state index contributed by atoms with van der Waals surface area (Å²) < 4.78 is 0. The van der Waals surface area contributed by atoms with E-state index in [1.165, 1.54) is 0 Å². The van der Waals surface area contributed by atoms with Crippen molar-refractivity contribution in [1.29, 1.82) is 0 Å². The Morgan fingerprint density at radius 3 is 3.08 bits per heavy atom. The maximum absolute atomic E-state index is 4.19. The molecule has 0 unspecified atom stereocenters. The van der Waals surface area contributed by atoms with Crippen LogP contribution in [0.1, 0.15) is 0 Å². The van der Waals surface area contributed by atoms with E-state index in [4.69, 9.17) is 0 Å². The summed E-state index contributed by atoms with van der Waals surface area (Å²) in [5.74, 6) is 1.82.